The lowest BCUT2D eigenvalue weighted by Gasteiger charge is -2.08. The number of rotatable bonds is 3. The first-order chi connectivity index (χ1) is 9.69. The SMILES string of the molecule is O=C(Nc1ccccc1)Nc1ccc(C(=O)NO)cc1. The molecule has 0 bridgehead atoms. The highest BCUT2D eigenvalue weighted by molar-refractivity contribution is 6.00. The molecule has 3 amide bonds. The average molecular weight is 271 g/mol. The molecule has 0 radical (unpaired) electrons. The summed E-state index contributed by atoms with van der Waals surface area (Å²) in [5, 5.41) is 13.8. The summed E-state index contributed by atoms with van der Waals surface area (Å²) in [6, 6.07) is 14.8. The van der Waals surface area contributed by atoms with Crippen LogP contribution in [0.15, 0.2) is 54.6 Å². The Balaban J connectivity index is 1.96. The first-order valence-electron chi connectivity index (χ1n) is 5.86. The molecule has 0 atom stereocenters. The number of anilines is 2. The van der Waals surface area contributed by atoms with Gasteiger partial charge in [-0.05, 0) is 36.4 Å². The van der Waals surface area contributed by atoms with Crippen molar-refractivity contribution in [2.45, 2.75) is 0 Å². The zero-order valence-corrected chi connectivity index (χ0v) is 10.5. The Labute approximate surface area is 115 Å². The van der Waals surface area contributed by atoms with Gasteiger partial charge in [-0.15, -0.1) is 0 Å². The molecule has 6 nitrogen and oxygen atoms in total. The third-order valence-electron chi connectivity index (χ3n) is 2.54. The van der Waals surface area contributed by atoms with Crippen molar-refractivity contribution in [2.75, 3.05) is 10.6 Å². The van der Waals surface area contributed by atoms with Crippen LogP contribution in [0.1, 0.15) is 10.4 Å². The van der Waals surface area contributed by atoms with E-state index in [2.05, 4.69) is 10.6 Å². The zero-order chi connectivity index (χ0) is 14.4. The summed E-state index contributed by atoms with van der Waals surface area (Å²) >= 11 is 0. The third-order valence-corrected chi connectivity index (χ3v) is 2.54. The Morgan fingerprint density at radius 1 is 0.800 bits per heavy atom. The Morgan fingerprint density at radius 3 is 1.90 bits per heavy atom. The molecule has 102 valence electrons. The molecule has 4 N–H and O–H groups in total. The molecule has 0 aromatic heterocycles. The van der Waals surface area contributed by atoms with Crippen molar-refractivity contribution in [3.05, 3.63) is 60.2 Å². The largest absolute Gasteiger partial charge is 0.323 e. The molecule has 2 aromatic rings. The molecule has 0 fully saturated rings. The highest BCUT2D eigenvalue weighted by atomic mass is 16.5. The summed E-state index contributed by atoms with van der Waals surface area (Å²) in [5.74, 6) is -0.606. The molecule has 0 saturated heterocycles. The minimum atomic E-state index is -0.606. The van der Waals surface area contributed by atoms with Gasteiger partial charge in [0.2, 0.25) is 0 Å². The average Bonchev–Trinajstić information content (AvgIpc) is 2.48. The predicted molar refractivity (Wildman–Crippen MR) is 74.8 cm³/mol. The van der Waals surface area contributed by atoms with Crippen molar-refractivity contribution < 1.29 is 14.8 Å². The van der Waals surface area contributed by atoms with Crippen LogP contribution in [0.4, 0.5) is 16.2 Å². The van der Waals surface area contributed by atoms with E-state index >= 15 is 0 Å². The van der Waals surface area contributed by atoms with E-state index in [0.717, 1.165) is 0 Å². The fourth-order valence-corrected chi connectivity index (χ4v) is 1.58. The first kappa shape index (κ1) is 13.6. The van der Waals surface area contributed by atoms with Crippen LogP contribution in [0.5, 0.6) is 0 Å². The van der Waals surface area contributed by atoms with Gasteiger partial charge in [-0.1, -0.05) is 18.2 Å². The molecular formula is C14H13N3O3. The Kier molecular flexibility index (Phi) is 4.31. The fourth-order valence-electron chi connectivity index (χ4n) is 1.58. The van der Waals surface area contributed by atoms with Crippen LogP contribution in [0.2, 0.25) is 0 Å². The van der Waals surface area contributed by atoms with E-state index < -0.39 is 5.91 Å². The summed E-state index contributed by atoms with van der Waals surface area (Å²) < 4.78 is 0. The second kappa shape index (κ2) is 6.35. The van der Waals surface area contributed by atoms with Crippen molar-refractivity contribution in [2.24, 2.45) is 0 Å². The van der Waals surface area contributed by atoms with Crippen molar-refractivity contribution in [3.8, 4) is 0 Å². The highest BCUT2D eigenvalue weighted by Gasteiger charge is 2.05. The molecule has 0 aliphatic rings. The van der Waals surface area contributed by atoms with Gasteiger partial charge in [0.15, 0.2) is 0 Å². The Morgan fingerprint density at radius 2 is 1.35 bits per heavy atom. The predicted octanol–water partition coefficient (Wildman–Crippen LogP) is 2.45. The van der Waals surface area contributed by atoms with Gasteiger partial charge >= 0.3 is 6.03 Å². The number of para-hydroxylation sites is 1. The van der Waals surface area contributed by atoms with Crippen LogP contribution in [0, 0.1) is 0 Å². The quantitative estimate of drug-likeness (QED) is 0.510. The maximum atomic E-state index is 11.7. The van der Waals surface area contributed by atoms with E-state index in [4.69, 9.17) is 5.21 Å². The number of benzene rings is 2. The number of carbonyl (C=O) groups is 2. The molecule has 20 heavy (non-hydrogen) atoms. The standard InChI is InChI=1S/C14H13N3O3/c18-13(17-20)10-6-8-12(9-7-10)16-14(19)15-11-4-2-1-3-5-11/h1-9,20H,(H,17,18)(H2,15,16,19). The van der Waals surface area contributed by atoms with Crippen LogP contribution in [-0.2, 0) is 0 Å². The van der Waals surface area contributed by atoms with E-state index in [-0.39, 0.29) is 6.03 Å². The lowest BCUT2D eigenvalue weighted by Crippen LogP contribution is -2.20. The van der Waals surface area contributed by atoms with Crippen LogP contribution < -0.4 is 16.1 Å². The molecule has 0 heterocycles. The number of hydrogen-bond acceptors (Lipinski definition) is 3. The van der Waals surface area contributed by atoms with E-state index in [0.29, 0.717) is 16.9 Å². The second-order valence-electron chi connectivity index (χ2n) is 3.96. The van der Waals surface area contributed by atoms with Gasteiger partial charge in [0, 0.05) is 16.9 Å². The van der Waals surface area contributed by atoms with E-state index in [1.165, 1.54) is 17.6 Å². The van der Waals surface area contributed by atoms with Crippen LogP contribution in [-0.4, -0.2) is 17.1 Å². The zero-order valence-electron chi connectivity index (χ0n) is 10.5. The number of hydroxylamine groups is 1. The summed E-state index contributed by atoms with van der Waals surface area (Å²) in [6.07, 6.45) is 0. The lowest BCUT2D eigenvalue weighted by atomic mass is 10.2. The van der Waals surface area contributed by atoms with E-state index in [9.17, 15) is 9.59 Å². The maximum Gasteiger partial charge on any atom is 0.323 e. The van der Waals surface area contributed by atoms with Crippen LogP contribution >= 0.6 is 0 Å². The van der Waals surface area contributed by atoms with Gasteiger partial charge in [-0.25, -0.2) is 10.3 Å². The molecular weight excluding hydrogens is 258 g/mol. The fraction of sp³-hybridized carbons (Fsp3) is 0. The number of amides is 3. The lowest BCUT2D eigenvalue weighted by molar-refractivity contribution is 0.0706. The molecule has 0 unspecified atom stereocenters. The third kappa shape index (κ3) is 3.56. The Bertz CT molecular complexity index is 597. The molecule has 6 heteroatoms. The molecule has 0 aliphatic carbocycles. The minimum Gasteiger partial charge on any atom is -0.308 e. The van der Waals surface area contributed by atoms with Gasteiger partial charge < -0.3 is 10.6 Å². The molecule has 0 saturated carbocycles. The summed E-state index contributed by atoms with van der Waals surface area (Å²) in [6.45, 7) is 0. The minimum absolute atomic E-state index is 0.293. The van der Waals surface area contributed by atoms with Gasteiger partial charge in [-0.3, -0.25) is 10.0 Å². The summed E-state index contributed by atoms with van der Waals surface area (Å²) in [7, 11) is 0. The van der Waals surface area contributed by atoms with Crippen molar-refractivity contribution >= 4 is 23.3 Å². The van der Waals surface area contributed by atoms with E-state index in [1.54, 1.807) is 24.3 Å². The van der Waals surface area contributed by atoms with Crippen molar-refractivity contribution in [1.29, 1.82) is 0 Å². The topological polar surface area (TPSA) is 90.5 Å². The molecule has 2 rings (SSSR count). The van der Waals surface area contributed by atoms with Gasteiger partial charge in [-0.2, -0.15) is 0 Å². The van der Waals surface area contributed by atoms with Gasteiger partial charge in [0.05, 0.1) is 0 Å². The van der Waals surface area contributed by atoms with Gasteiger partial charge in [0.1, 0.15) is 0 Å². The maximum absolute atomic E-state index is 11.7. The van der Waals surface area contributed by atoms with E-state index in [1.807, 2.05) is 18.2 Å². The molecule has 0 aliphatic heterocycles. The molecule has 0 spiro atoms. The van der Waals surface area contributed by atoms with Crippen LogP contribution in [0.3, 0.4) is 0 Å². The van der Waals surface area contributed by atoms with Gasteiger partial charge in [0.25, 0.3) is 5.91 Å². The summed E-state index contributed by atoms with van der Waals surface area (Å²) in [5.41, 5.74) is 3.05. The number of urea groups is 1. The van der Waals surface area contributed by atoms with Crippen LogP contribution in [0.25, 0.3) is 0 Å². The Hall–Kier alpha value is -2.86. The van der Waals surface area contributed by atoms with Crippen molar-refractivity contribution in [1.82, 2.24) is 5.48 Å². The molecule has 2 aromatic carbocycles. The monoisotopic (exact) mass is 271 g/mol. The number of carbonyl (C=O) groups excluding carboxylic acids is 2. The highest BCUT2D eigenvalue weighted by Crippen LogP contribution is 2.11. The van der Waals surface area contributed by atoms with Crippen molar-refractivity contribution in [3.63, 3.8) is 0 Å². The summed E-state index contributed by atoms with van der Waals surface area (Å²) in [4.78, 5) is 22.8. The second-order valence-corrected chi connectivity index (χ2v) is 3.96. The number of hydrogen-bond donors (Lipinski definition) is 4. The first-order valence-corrected chi connectivity index (χ1v) is 5.86. The number of nitrogens with one attached hydrogen (secondary N) is 3. The normalized spacial score (nSPS) is 9.65. The smallest absolute Gasteiger partial charge is 0.308 e.